The Morgan fingerprint density at radius 3 is 2.64 bits per heavy atom. The van der Waals surface area contributed by atoms with Gasteiger partial charge in [-0.3, -0.25) is 19.0 Å². The molecule has 0 saturated carbocycles. The molecule has 1 atom stereocenters. The average Bonchev–Trinajstić information content (AvgIpc) is 3.17. The lowest BCUT2D eigenvalue weighted by atomic mass is 9.97. The third-order valence-corrected chi connectivity index (χ3v) is 5.69. The zero-order valence-electron chi connectivity index (χ0n) is 14.9. The standard InChI is InChI=1S/C20H18N4O3S/c25-13-21-17-12-28-19(22-17)16-4-3-11-24(20(16)27)15-8-6-14(7-9-15)23-10-2-1-5-18(23)26/h1-2,5-10,12-13,16H,3-4,11H2,(H,21,25). The Morgan fingerprint density at radius 2 is 1.89 bits per heavy atom. The minimum atomic E-state index is -0.308. The van der Waals surface area contributed by atoms with Crippen molar-refractivity contribution >= 4 is 35.2 Å². The molecule has 1 N–H and O–H groups in total. The number of aromatic nitrogens is 2. The highest BCUT2D eigenvalue weighted by atomic mass is 32.1. The van der Waals surface area contributed by atoms with Crippen molar-refractivity contribution in [1.82, 2.24) is 9.55 Å². The van der Waals surface area contributed by atoms with Gasteiger partial charge < -0.3 is 10.2 Å². The number of benzene rings is 1. The van der Waals surface area contributed by atoms with Crippen molar-refractivity contribution in [3.63, 3.8) is 0 Å². The lowest BCUT2D eigenvalue weighted by Gasteiger charge is -2.31. The van der Waals surface area contributed by atoms with Crippen LogP contribution < -0.4 is 15.8 Å². The molecule has 0 bridgehead atoms. The number of piperidine rings is 1. The number of nitrogens with zero attached hydrogens (tertiary/aromatic N) is 3. The molecule has 3 aromatic rings. The van der Waals surface area contributed by atoms with E-state index in [9.17, 15) is 14.4 Å². The van der Waals surface area contributed by atoms with E-state index < -0.39 is 0 Å². The highest BCUT2D eigenvalue weighted by Crippen LogP contribution is 2.33. The predicted molar refractivity (Wildman–Crippen MR) is 108 cm³/mol. The van der Waals surface area contributed by atoms with Gasteiger partial charge in [0.15, 0.2) is 0 Å². The van der Waals surface area contributed by atoms with Crippen LogP contribution in [0.3, 0.4) is 0 Å². The predicted octanol–water partition coefficient (Wildman–Crippen LogP) is 2.77. The SMILES string of the molecule is O=CNc1csc(C2CCCN(c3ccc(-n4ccccc4=O)cc3)C2=O)n1. The summed E-state index contributed by atoms with van der Waals surface area (Å²) in [5, 5.41) is 4.97. The van der Waals surface area contributed by atoms with E-state index in [1.165, 1.54) is 17.4 Å². The molecule has 0 spiro atoms. The molecular weight excluding hydrogens is 376 g/mol. The lowest BCUT2D eigenvalue weighted by Crippen LogP contribution is -2.40. The monoisotopic (exact) mass is 394 g/mol. The van der Waals surface area contributed by atoms with Crippen LogP contribution in [0, 0.1) is 0 Å². The number of hydrogen-bond acceptors (Lipinski definition) is 5. The second-order valence-electron chi connectivity index (χ2n) is 6.44. The van der Waals surface area contributed by atoms with Gasteiger partial charge in [-0.25, -0.2) is 4.98 Å². The Hall–Kier alpha value is -3.26. The second-order valence-corrected chi connectivity index (χ2v) is 7.33. The lowest BCUT2D eigenvalue weighted by molar-refractivity contribution is -0.121. The molecule has 0 radical (unpaired) electrons. The van der Waals surface area contributed by atoms with Gasteiger partial charge in [-0.2, -0.15) is 0 Å². The average molecular weight is 394 g/mol. The summed E-state index contributed by atoms with van der Waals surface area (Å²) in [7, 11) is 0. The summed E-state index contributed by atoms with van der Waals surface area (Å²) in [5.41, 5.74) is 1.44. The van der Waals surface area contributed by atoms with Crippen molar-refractivity contribution < 1.29 is 9.59 Å². The van der Waals surface area contributed by atoms with Gasteiger partial charge in [0.05, 0.1) is 5.92 Å². The van der Waals surface area contributed by atoms with Crippen LogP contribution >= 0.6 is 11.3 Å². The molecule has 7 nitrogen and oxygen atoms in total. The summed E-state index contributed by atoms with van der Waals surface area (Å²) in [4.78, 5) is 41.7. The Morgan fingerprint density at radius 1 is 1.11 bits per heavy atom. The van der Waals surface area contributed by atoms with E-state index >= 15 is 0 Å². The molecule has 1 aliphatic heterocycles. The van der Waals surface area contributed by atoms with Crippen LogP contribution in [0.15, 0.2) is 58.8 Å². The van der Waals surface area contributed by atoms with Crippen molar-refractivity contribution in [2.24, 2.45) is 0 Å². The number of amides is 2. The van der Waals surface area contributed by atoms with Crippen LogP contribution in [0.4, 0.5) is 11.5 Å². The van der Waals surface area contributed by atoms with E-state index in [-0.39, 0.29) is 17.4 Å². The van der Waals surface area contributed by atoms with Gasteiger partial charge >= 0.3 is 0 Å². The maximum Gasteiger partial charge on any atom is 0.255 e. The highest BCUT2D eigenvalue weighted by Gasteiger charge is 2.32. The van der Waals surface area contributed by atoms with Crippen LogP contribution in [0.1, 0.15) is 23.8 Å². The van der Waals surface area contributed by atoms with Crippen LogP contribution in [0.5, 0.6) is 0 Å². The number of nitrogens with one attached hydrogen (secondary N) is 1. The molecule has 142 valence electrons. The molecule has 2 amide bonds. The molecule has 0 aliphatic carbocycles. The Bertz CT molecular complexity index is 1060. The smallest absolute Gasteiger partial charge is 0.255 e. The van der Waals surface area contributed by atoms with Gasteiger partial charge in [-0.05, 0) is 43.2 Å². The van der Waals surface area contributed by atoms with E-state index in [1.807, 2.05) is 24.3 Å². The fourth-order valence-electron chi connectivity index (χ4n) is 3.37. The summed E-state index contributed by atoms with van der Waals surface area (Å²) >= 11 is 1.38. The first-order chi connectivity index (χ1) is 13.7. The molecule has 1 unspecified atom stereocenters. The van der Waals surface area contributed by atoms with Crippen molar-refractivity contribution in [2.75, 3.05) is 16.8 Å². The largest absolute Gasteiger partial charge is 0.313 e. The number of thiazole rings is 1. The van der Waals surface area contributed by atoms with Gasteiger partial charge in [0, 0.05) is 35.6 Å². The van der Waals surface area contributed by atoms with Gasteiger partial charge in [-0.1, -0.05) is 6.07 Å². The van der Waals surface area contributed by atoms with Crippen molar-refractivity contribution in [3.05, 3.63) is 69.4 Å². The molecule has 1 aliphatic rings. The molecular formula is C20H18N4O3S. The number of carbonyl (C=O) groups excluding carboxylic acids is 2. The Balaban J connectivity index is 1.56. The van der Waals surface area contributed by atoms with E-state index in [0.29, 0.717) is 23.8 Å². The van der Waals surface area contributed by atoms with Crippen LogP contribution in [-0.4, -0.2) is 28.4 Å². The van der Waals surface area contributed by atoms with Crippen LogP contribution in [0.25, 0.3) is 5.69 Å². The second kappa shape index (κ2) is 7.77. The van der Waals surface area contributed by atoms with Gasteiger partial charge in [0.2, 0.25) is 12.3 Å². The number of pyridine rings is 1. The molecule has 2 aromatic heterocycles. The summed E-state index contributed by atoms with van der Waals surface area (Å²) < 4.78 is 1.56. The minimum absolute atomic E-state index is 0.00267. The molecule has 28 heavy (non-hydrogen) atoms. The topological polar surface area (TPSA) is 84.3 Å². The normalized spacial score (nSPS) is 16.8. The van der Waals surface area contributed by atoms with Crippen molar-refractivity contribution in [1.29, 1.82) is 0 Å². The first kappa shape index (κ1) is 18.1. The zero-order chi connectivity index (χ0) is 19.5. The maximum absolute atomic E-state index is 13.0. The van der Waals surface area contributed by atoms with E-state index in [2.05, 4.69) is 10.3 Å². The number of anilines is 2. The molecule has 1 fully saturated rings. The maximum atomic E-state index is 13.0. The Labute approximate surface area is 165 Å². The number of carbonyl (C=O) groups is 2. The van der Waals surface area contributed by atoms with Crippen LogP contribution in [0.2, 0.25) is 0 Å². The summed E-state index contributed by atoms with van der Waals surface area (Å²) in [5.74, 6) is 0.165. The van der Waals surface area contributed by atoms with E-state index in [0.717, 1.165) is 24.2 Å². The zero-order valence-corrected chi connectivity index (χ0v) is 15.8. The summed E-state index contributed by atoms with van der Waals surface area (Å²) in [6.45, 7) is 0.644. The molecule has 4 rings (SSSR count). The first-order valence-electron chi connectivity index (χ1n) is 8.92. The molecule has 3 heterocycles. The van der Waals surface area contributed by atoms with Gasteiger partial charge in [0.25, 0.3) is 5.56 Å². The molecule has 8 heteroatoms. The third kappa shape index (κ3) is 3.46. The third-order valence-electron chi connectivity index (χ3n) is 4.73. The fourth-order valence-corrected chi connectivity index (χ4v) is 4.26. The van der Waals surface area contributed by atoms with E-state index in [4.69, 9.17) is 0 Å². The quantitative estimate of drug-likeness (QED) is 0.675. The summed E-state index contributed by atoms with van der Waals surface area (Å²) in [6, 6.07) is 12.4. The first-order valence-corrected chi connectivity index (χ1v) is 9.80. The van der Waals surface area contributed by atoms with Crippen molar-refractivity contribution in [2.45, 2.75) is 18.8 Å². The minimum Gasteiger partial charge on any atom is -0.313 e. The summed E-state index contributed by atoms with van der Waals surface area (Å²) in [6.07, 6.45) is 3.90. The van der Waals surface area contributed by atoms with Crippen molar-refractivity contribution in [3.8, 4) is 5.69 Å². The fraction of sp³-hybridized carbons (Fsp3) is 0.200. The number of hydrogen-bond donors (Lipinski definition) is 1. The van der Waals surface area contributed by atoms with Gasteiger partial charge in [0.1, 0.15) is 10.8 Å². The number of rotatable bonds is 5. The highest BCUT2D eigenvalue weighted by molar-refractivity contribution is 7.10. The molecule has 1 saturated heterocycles. The van der Waals surface area contributed by atoms with Crippen LogP contribution in [-0.2, 0) is 9.59 Å². The molecule has 1 aromatic carbocycles. The van der Waals surface area contributed by atoms with E-state index in [1.54, 1.807) is 33.2 Å². The Kier molecular flexibility index (Phi) is 5.03. The van der Waals surface area contributed by atoms with Gasteiger partial charge in [-0.15, -0.1) is 11.3 Å².